The Morgan fingerprint density at radius 1 is 1.11 bits per heavy atom. The van der Waals surface area contributed by atoms with Crippen molar-refractivity contribution in [3.63, 3.8) is 0 Å². The van der Waals surface area contributed by atoms with Crippen molar-refractivity contribution in [2.75, 3.05) is 11.4 Å². The molecule has 0 bridgehead atoms. The Kier molecular flexibility index (Phi) is 5.76. The van der Waals surface area contributed by atoms with Gasteiger partial charge in [0.1, 0.15) is 11.6 Å². The zero-order valence-corrected chi connectivity index (χ0v) is 20.9. The zero-order valence-electron chi connectivity index (χ0n) is 20.2. The van der Waals surface area contributed by atoms with E-state index in [-0.39, 0.29) is 23.1 Å². The van der Waals surface area contributed by atoms with E-state index in [0.717, 1.165) is 22.0 Å². The predicted octanol–water partition coefficient (Wildman–Crippen LogP) is 3.76. The van der Waals surface area contributed by atoms with E-state index in [1.165, 1.54) is 30.3 Å². The number of nitrogens with one attached hydrogen (secondary N) is 1. The number of nitrogens with zero attached hydrogens (tertiary/aromatic N) is 3. The smallest absolute Gasteiger partial charge is 0.250 e. The quantitative estimate of drug-likeness (QED) is 0.424. The van der Waals surface area contributed by atoms with Crippen LogP contribution in [0.4, 0.5) is 14.5 Å². The second kappa shape index (κ2) is 9.15. The van der Waals surface area contributed by atoms with Crippen LogP contribution in [0.25, 0.3) is 29.1 Å². The van der Waals surface area contributed by atoms with Gasteiger partial charge in [-0.15, -0.1) is 0 Å². The van der Waals surface area contributed by atoms with Crippen LogP contribution < -0.4 is 20.8 Å². The molecule has 2 N–H and O–H groups in total. The van der Waals surface area contributed by atoms with Gasteiger partial charge >= 0.3 is 0 Å². The molecule has 9 heteroatoms. The molecule has 1 aliphatic heterocycles. The first kappa shape index (κ1) is 23.9. The Bertz CT molecular complexity index is 1850. The number of aromatic nitrogens is 2. The average Bonchev–Trinajstić information content (AvgIpc) is 3.10. The number of aromatic amines is 1. The molecule has 38 heavy (non-hydrogen) atoms. The van der Waals surface area contributed by atoms with Crippen LogP contribution in [0.1, 0.15) is 11.1 Å². The standard InChI is InChI=1S/C29H21ClF2N4O2/c1-35-12-10-22(33-25(37)15-16-14-18(32)4-8-21(16)30)20-7-9-24-26-23(34-29(38)27(26)28(20)35)11-13-36(24)19-5-2-17(31)3-6-19/h2-12,14,34,38H,13,15H2,1H3. The van der Waals surface area contributed by atoms with Gasteiger partial charge in [-0.05, 0) is 72.3 Å². The van der Waals surface area contributed by atoms with E-state index in [0.29, 0.717) is 34.3 Å². The van der Waals surface area contributed by atoms with Gasteiger partial charge in [0, 0.05) is 46.6 Å². The number of H-pyrrole nitrogens is 1. The van der Waals surface area contributed by atoms with Crippen molar-refractivity contribution in [1.29, 1.82) is 0 Å². The van der Waals surface area contributed by atoms with Crippen LogP contribution in [0.5, 0.6) is 5.88 Å². The number of amides is 1. The number of aromatic hydroxyl groups is 1. The van der Waals surface area contributed by atoms with Crippen molar-refractivity contribution < 1.29 is 18.7 Å². The first-order valence-corrected chi connectivity index (χ1v) is 12.3. The number of rotatable bonds is 3. The molecule has 190 valence electrons. The fourth-order valence-corrected chi connectivity index (χ4v) is 5.20. The summed E-state index contributed by atoms with van der Waals surface area (Å²) in [7, 11) is 1.85. The molecular formula is C29H21ClF2N4O2. The van der Waals surface area contributed by atoms with E-state index in [2.05, 4.69) is 9.98 Å². The lowest BCUT2D eigenvalue weighted by molar-refractivity contribution is -0.117. The van der Waals surface area contributed by atoms with Crippen molar-refractivity contribution in [1.82, 2.24) is 9.55 Å². The molecule has 0 atom stereocenters. The van der Waals surface area contributed by atoms with E-state index >= 15 is 0 Å². The molecule has 0 radical (unpaired) electrons. The number of hydrogen-bond donors (Lipinski definition) is 2. The fraction of sp³-hybridized carbons (Fsp3) is 0.103. The summed E-state index contributed by atoms with van der Waals surface area (Å²) in [5.41, 5.74) is 3.82. The van der Waals surface area contributed by atoms with E-state index in [9.17, 15) is 18.7 Å². The molecule has 0 saturated carbocycles. The van der Waals surface area contributed by atoms with E-state index < -0.39 is 11.7 Å². The Labute approximate surface area is 220 Å². The van der Waals surface area contributed by atoms with Gasteiger partial charge in [0.05, 0.1) is 28.7 Å². The van der Waals surface area contributed by atoms with Crippen LogP contribution in [0.2, 0.25) is 5.02 Å². The van der Waals surface area contributed by atoms with Gasteiger partial charge in [0.25, 0.3) is 5.91 Å². The fourth-order valence-electron chi connectivity index (χ4n) is 5.02. The molecule has 4 aromatic rings. The van der Waals surface area contributed by atoms with Gasteiger partial charge in [0.2, 0.25) is 0 Å². The number of hydrogen-bond acceptors (Lipinski definition) is 3. The molecule has 1 amide bonds. The van der Waals surface area contributed by atoms with E-state index in [1.54, 1.807) is 24.4 Å². The molecule has 2 aliphatic rings. The first-order valence-electron chi connectivity index (χ1n) is 11.9. The van der Waals surface area contributed by atoms with E-state index in [1.807, 2.05) is 34.7 Å². The predicted molar refractivity (Wildman–Crippen MR) is 142 cm³/mol. The number of carbonyl (C=O) groups excluding carboxylic acids is 1. The summed E-state index contributed by atoms with van der Waals surface area (Å²) in [5.74, 6) is -1.31. The van der Waals surface area contributed by atoms with E-state index in [4.69, 9.17) is 11.6 Å². The highest BCUT2D eigenvalue weighted by Gasteiger charge is 2.26. The molecule has 0 spiro atoms. The minimum absolute atomic E-state index is 0.0136. The summed E-state index contributed by atoms with van der Waals surface area (Å²) in [6.45, 7) is 0.504. The Morgan fingerprint density at radius 3 is 2.66 bits per heavy atom. The third-order valence-electron chi connectivity index (χ3n) is 6.75. The van der Waals surface area contributed by atoms with Crippen LogP contribution in [0, 0.1) is 11.6 Å². The van der Waals surface area contributed by atoms with Crippen LogP contribution >= 0.6 is 11.6 Å². The lowest BCUT2D eigenvalue weighted by Gasteiger charge is -2.26. The van der Waals surface area contributed by atoms with Crippen molar-refractivity contribution in [2.24, 2.45) is 12.0 Å². The van der Waals surface area contributed by atoms with Crippen molar-refractivity contribution in [3.8, 4) is 17.1 Å². The molecule has 3 heterocycles. The minimum Gasteiger partial charge on any atom is -0.494 e. The molecule has 2 aromatic carbocycles. The minimum atomic E-state index is -0.486. The first-order chi connectivity index (χ1) is 18.3. The van der Waals surface area contributed by atoms with Crippen LogP contribution in [0.15, 0.2) is 65.8 Å². The highest BCUT2D eigenvalue weighted by Crippen LogP contribution is 2.31. The third-order valence-corrected chi connectivity index (χ3v) is 7.12. The molecule has 6 nitrogen and oxygen atoms in total. The molecular weight excluding hydrogens is 510 g/mol. The lowest BCUT2D eigenvalue weighted by atomic mass is 10.1. The van der Waals surface area contributed by atoms with Gasteiger partial charge in [-0.3, -0.25) is 4.79 Å². The van der Waals surface area contributed by atoms with Gasteiger partial charge < -0.3 is 19.6 Å². The highest BCUT2D eigenvalue weighted by molar-refractivity contribution is 6.31. The molecule has 6 rings (SSSR count). The largest absolute Gasteiger partial charge is 0.494 e. The summed E-state index contributed by atoms with van der Waals surface area (Å²) < 4.78 is 29.2. The van der Waals surface area contributed by atoms with Crippen molar-refractivity contribution in [3.05, 3.63) is 105 Å². The maximum Gasteiger partial charge on any atom is 0.250 e. The summed E-state index contributed by atoms with van der Waals surface area (Å²) in [6.07, 6.45) is 7.33. The van der Waals surface area contributed by atoms with Crippen LogP contribution in [-0.2, 0) is 18.3 Å². The molecule has 0 saturated heterocycles. The Balaban J connectivity index is 1.52. The zero-order chi connectivity index (χ0) is 26.6. The summed E-state index contributed by atoms with van der Waals surface area (Å²) >= 11 is 6.15. The van der Waals surface area contributed by atoms with Gasteiger partial charge in [-0.25, -0.2) is 13.8 Å². The second-order valence-corrected chi connectivity index (χ2v) is 9.55. The second-order valence-electron chi connectivity index (χ2n) is 9.14. The highest BCUT2D eigenvalue weighted by atomic mass is 35.5. The summed E-state index contributed by atoms with van der Waals surface area (Å²) in [6, 6.07) is 11.8. The number of fused-ring (bicyclic) bond motifs is 2. The average molecular weight is 531 g/mol. The van der Waals surface area contributed by atoms with Crippen molar-refractivity contribution >= 4 is 41.0 Å². The van der Waals surface area contributed by atoms with Crippen molar-refractivity contribution in [2.45, 2.75) is 6.42 Å². The van der Waals surface area contributed by atoms with Gasteiger partial charge in [-0.1, -0.05) is 11.6 Å². The Hall–Kier alpha value is -4.43. The normalized spacial score (nSPS) is 14.2. The van der Waals surface area contributed by atoms with Crippen LogP contribution in [-0.4, -0.2) is 27.1 Å². The number of pyridine rings is 1. The molecule has 2 aromatic heterocycles. The van der Waals surface area contributed by atoms with Gasteiger partial charge in [0.15, 0.2) is 5.88 Å². The molecule has 0 fully saturated rings. The number of carbonyl (C=O) groups is 1. The SMILES string of the molecule is Cn1ccc(=NC(=O)Cc2cc(F)ccc2Cl)c2c1-c1c(O)[nH]c3c1=C(C=C2)N(c1ccc(F)cc1)CC=3. The monoisotopic (exact) mass is 530 g/mol. The number of halogens is 3. The summed E-state index contributed by atoms with van der Waals surface area (Å²) in [4.78, 5) is 22.4. The Morgan fingerprint density at radius 2 is 1.87 bits per heavy atom. The lowest BCUT2D eigenvalue weighted by Crippen LogP contribution is -2.39. The number of benzene rings is 2. The van der Waals surface area contributed by atoms with Crippen LogP contribution in [0.3, 0.4) is 0 Å². The topological polar surface area (TPSA) is 73.6 Å². The maximum absolute atomic E-state index is 13.7. The molecule has 0 unspecified atom stereocenters. The number of aryl methyl sites for hydroxylation is 1. The number of anilines is 1. The van der Waals surface area contributed by atoms with Gasteiger partial charge in [-0.2, -0.15) is 0 Å². The third kappa shape index (κ3) is 4.03. The molecule has 1 aliphatic carbocycles. The summed E-state index contributed by atoms with van der Waals surface area (Å²) in [5, 5.41) is 13.3. The maximum atomic E-state index is 13.7.